The summed E-state index contributed by atoms with van der Waals surface area (Å²) in [5.74, 6) is 0. The van der Waals surface area contributed by atoms with Gasteiger partial charge in [0.15, 0.2) is 0 Å². The van der Waals surface area contributed by atoms with Crippen LogP contribution in [0.15, 0.2) is 54.6 Å². The Morgan fingerprint density at radius 1 is 0.905 bits per heavy atom. The molecule has 0 saturated heterocycles. The Hall–Kier alpha value is -2.13. The molecule has 3 heteroatoms. The van der Waals surface area contributed by atoms with E-state index in [0.717, 1.165) is 22.9 Å². The van der Waals surface area contributed by atoms with Crippen molar-refractivity contribution >= 4 is 17.0 Å². The Morgan fingerprint density at radius 3 is 2.19 bits per heavy atom. The van der Waals surface area contributed by atoms with Gasteiger partial charge in [0, 0.05) is 10.6 Å². The molecule has 0 bridgehead atoms. The lowest BCUT2D eigenvalue weighted by Crippen LogP contribution is -1.98. The molecule has 2 nitrogen and oxygen atoms in total. The van der Waals surface area contributed by atoms with Crippen LogP contribution >= 0.6 is 11.3 Å². The molecule has 1 N–H and O–H groups in total. The van der Waals surface area contributed by atoms with Crippen molar-refractivity contribution in [3.8, 4) is 11.1 Å². The van der Waals surface area contributed by atoms with Gasteiger partial charge in [0.05, 0.1) is 12.2 Å². The number of rotatable bonds is 4. The summed E-state index contributed by atoms with van der Waals surface area (Å²) < 4.78 is 0. The van der Waals surface area contributed by atoms with Gasteiger partial charge in [-0.15, -0.1) is 11.3 Å². The Balaban J connectivity index is 1.67. The van der Waals surface area contributed by atoms with Gasteiger partial charge in [-0.1, -0.05) is 42.5 Å². The Morgan fingerprint density at radius 2 is 1.57 bits per heavy atom. The topological polar surface area (TPSA) is 24.9 Å². The zero-order valence-electron chi connectivity index (χ0n) is 12.3. The molecular formula is C18H18N2S. The van der Waals surface area contributed by atoms with Crippen molar-refractivity contribution in [2.75, 3.05) is 5.32 Å². The zero-order chi connectivity index (χ0) is 14.7. The average Bonchev–Trinajstić information content (AvgIpc) is 2.85. The third-order valence-corrected chi connectivity index (χ3v) is 4.58. The summed E-state index contributed by atoms with van der Waals surface area (Å²) in [7, 11) is 0. The average molecular weight is 294 g/mol. The summed E-state index contributed by atoms with van der Waals surface area (Å²) >= 11 is 1.76. The minimum atomic E-state index is 0.782. The van der Waals surface area contributed by atoms with Crippen LogP contribution in [0.25, 0.3) is 11.1 Å². The van der Waals surface area contributed by atoms with E-state index in [4.69, 9.17) is 0 Å². The van der Waals surface area contributed by atoms with Crippen molar-refractivity contribution in [1.29, 1.82) is 0 Å². The van der Waals surface area contributed by atoms with Crippen molar-refractivity contribution in [3.63, 3.8) is 0 Å². The Kier molecular flexibility index (Phi) is 4.02. The van der Waals surface area contributed by atoms with E-state index in [0.29, 0.717) is 0 Å². The number of hydrogen-bond donors (Lipinski definition) is 1. The number of hydrogen-bond acceptors (Lipinski definition) is 3. The first-order valence-corrected chi connectivity index (χ1v) is 7.86. The molecule has 1 aromatic heterocycles. The molecule has 0 unspecified atom stereocenters. The first-order chi connectivity index (χ1) is 10.2. The normalized spacial score (nSPS) is 10.6. The molecule has 0 spiro atoms. The van der Waals surface area contributed by atoms with Gasteiger partial charge in [-0.05, 0) is 37.1 Å². The van der Waals surface area contributed by atoms with Gasteiger partial charge in [0.1, 0.15) is 5.01 Å². The van der Waals surface area contributed by atoms with Gasteiger partial charge in [0.25, 0.3) is 0 Å². The number of aromatic nitrogens is 1. The SMILES string of the molecule is Cc1nc(CNc2ccc(-c3ccccc3)cc2)sc1C. The molecule has 3 rings (SSSR count). The Labute approximate surface area is 129 Å². The third-order valence-electron chi connectivity index (χ3n) is 3.51. The molecule has 0 fully saturated rings. The van der Waals surface area contributed by atoms with Crippen molar-refractivity contribution in [3.05, 3.63) is 70.2 Å². The zero-order valence-corrected chi connectivity index (χ0v) is 13.1. The molecular weight excluding hydrogens is 276 g/mol. The summed E-state index contributed by atoms with van der Waals surface area (Å²) in [5, 5.41) is 4.56. The van der Waals surface area contributed by atoms with Gasteiger partial charge in [-0.25, -0.2) is 4.98 Å². The maximum Gasteiger partial charge on any atom is 0.112 e. The lowest BCUT2D eigenvalue weighted by molar-refractivity contribution is 1.07. The molecule has 3 aromatic rings. The van der Waals surface area contributed by atoms with E-state index in [-0.39, 0.29) is 0 Å². The van der Waals surface area contributed by atoms with Crippen LogP contribution in [-0.4, -0.2) is 4.98 Å². The van der Waals surface area contributed by atoms with E-state index < -0.39 is 0 Å². The highest BCUT2D eigenvalue weighted by atomic mass is 32.1. The van der Waals surface area contributed by atoms with Crippen LogP contribution < -0.4 is 5.32 Å². The van der Waals surface area contributed by atoms with E-state index in [1.54, 1.807) is 11.3 Å². The first-order valence-electron chi connectivity index (χ1n) is 7.04. The minimum Gasteiger partial charge on any atom is -0.379 e. The van der Waals surface area contributed by atoms with Crippen LogP contribution in [0.5, 0.6) is 0 Å². The fraction of sp³-hybridized carbons (Fsp3) is 0.167. The number of anilines is 1. The molecule has 2 aromatic carbocycles. The maximum atomic E-state index is 4.55. The molecule has 0 aliphatic rings. The van der Waals surface area contributed by atoms with Crippen LogP contribution in [0.2, 0.25) is 0 Å². The summed E-state index contributed by atoms with van der Waals surface area (Å²) in [4.78, 5) is 5.84. The van der Waals surface area contributed by atoms with E-state index in [1.807, 2.05) is 6.07 Å². The van der Waals surface area contributed by atoms with Crippen molar-refractivity contribution in [2.45, 2.75) is 20.4 Å². The molecule has 0 atom stereocenters. The third kappa shape index (κ3) is 3.31. The highest BCUT2D eigenvalue weighted by Gasteiger charge is 2.03. The fourth-order valence-electron chi connectivity index (χ4n) is 2.20. The number of benzene rings is 2. The largest absolute Gasteiger partial charge is 0.379 e. The lowest BCUT2D eigenvalue weighted by Gasteiger charge is -2.06. The number of nitrogens with one attached hydrogen (secondary N) is 1. The van der Waals surface area contributed by atoms with Gasteiger partial charge >= 0.3 is 0 Å². The lowest BCUT2D eigenvalue weighted by atomic mass is 10.1. The van der Waals surface area contributed by atoms with Crippen molar-refractivity contribution in [2.24, 2.45) is 0 Å². The fourth-order valence-corrected chi connectivity index (χ4v) is 3.08. The first kappa shape index (κ1) is 13.8. The van der Waals surface area contributed by atoms with Crippen molar-refractivity contribution in [1.82, 2.24) is 4.98 Å². The summed E-state index contributed by atoms with van der Waals surface area (Å²) in [6.07, 6.45) is 0. The summed E-state index contributed by atoms with van der Waals surface area (Å²) in [5.41, 5.74) is 4.74. The summed E-state index contributed by atoms with van der Waals surface area (Å²) in [6, 6.07) is 19.0. The second-order valence-electron chi connectivity index (χ2n) is 5.05. The van der Waals surface area contributed by atoms with Crippen LogP contribution in [0.3, 0.4) is 0 Å². The minimum absolute atomic E-state index is 0.782. The summed E-state index contributed by atoms with van der Waals surface area (Å²) in [6.45, 7) is 4.96. The second kappa shape index (κ2) is 6.10. The predicted octanol–water partition coefficient (Wildman–Crippen LogP) is 5.04. The van der Waals surface area contributed by atoms with E-state index >= 15 is 0 Å². The van der Waals surface area contributed by atoms with Crippen molar-refractivity contribution < 1.29 is 0 Å². The van der Waals surface area contributed by atoms with Crippen LogP contribution in [-0.2, 0) is 6.54 Å². The van der Waals surface area contributed by atoms with Crippen LogP contribution in [0, 0.1) is 13.8 Å². The molecule has 0 aliphatic carbocycles. The molecule has 0 saturated carbocycles. The van der Waals surface area contributed by atoms with Gasteiger partial charge in [0.2, 0.25) is 0 Å². The number of aryl methyl sites for hydroxylation is 2. The van der Waals surface area contributed by atoms with Crippen LogP contribution in [0.4, 0.5) is 5.69 Å². The molecule has 0 amide bonds. The van der Waals surface area contributed by atoms with Gasteiger partial charge < -0.3 is 5.32 Å². The highest BCUT2D eigenvalue weighted by molar-refractivity contribution is 7.11. The number of thiazole rings is 1. The standard InChI is InChI=1S/C18H18N2S/c1-13-14(2)21-18(20-13)12-19-17-10-8-16(9-11-17)15-6-4-3-5-7-15/h3-11,19H,12H2,1-2H3. The van der Waals surface area contributed by atoms with E-state index in [1.165, 1.54) is 16.0 Å². The van der Waals surface area contributed by atoms with E-state index in [2.05, 4.69) is 72.7 Å². The molecule has 1 heterocycles. The molecule has 106 valence electrons. The molecule has 0 radical (unpaired) electrons. The second-order valence-corrected chi connectivity index (χ2v) is 6.33. The smallest absolute Gasteiger partial charge is 0.112 e. The maximum absolute atomic E-state index is 4.55. The van der Waals surface area contributed by atoms with Gasteiger partial charge in [-0.3, -0.25) is 0 Å². The van der Waals surface area contributed by atoms with Crippen LogP contribution in [0.1, 0.15) is 15.6 Å². The highest BCUT2D eigenvalue weighted by Crippen LogP contribution is 2.22. The van der Waals surface area contributed by atoms with E-state index in [9.17, 15) is 0 Å². The Bertz CT molecular complexity index is 695. The predicted molar refractivity (Wildman–Crippen MR) is 90.8 cm³/mol. The quantitative estimate of drug-likeness (QED) is 0.729. The molecule has 21 heavy (non-hydrogen) atoms. The number of nitrogens with zero attached hydrogens (tertiary/aromatic N) is 1. The monoisotopic (exact) mass is 294 g/mol. The van der Waals surface area contributed by atoms with Gasteiger partial charge in [-0.2, -0.15) is 0 Å². The molecule has 0 aliphatic heterocycles.